The largest absolute Gasteiger partial charge is 0.493 e. The van der Waals surface area contributed by atoms with Crippen LogP contribution in [0.1, 0.15) is 24.3 Å². The summed E-state index contributed by atoms with van der Waals surface area (Å²) in [6.07, 6.45) is 2.78. The van der Waals surface area contributed by atoms with Crippen LogP contribution in [-0.4, -0.2) is 33.3 Å². The molecule has 2 aromatic carbocycles. The maximum atomic E-state index is 12.9. The average Bonchev–Trinajstić information content (AvgIpc) is 2.92. The molecule has 0 amide bonds. The van der Waals surface area contributed by atoms with E-state index in [0.717, 1.165) is 22.6 Å². The Kier molecular flexibility index (Phi) is 4.77. The minimum atomic E-state index is 0.00567. The summed E-state index contributed by atoms with van der Waals surface area (Å²) in [7, 11) is 4.76. The lowest BCUT2D eigenvalue weighted by Gasteiger charge is -2.26. The third kappa shape index (κ3) is 3.11. The molecule has 0 saturated carbocycles. The van der Waals surface area contributed by atoms with E-state index in [1.54, 1.807) is 27.5 Å². The monoisotopic (exact) mass is 378 g/mol. The van der Waals surface area contributed by atoms with Crippen LogP contribution in [0.4, 0.5) is 11.4 Å². The fourth-order valence-corrected chi connectivity index (χ4v) is 3.76. The zero-order chi connectivity index (χ0) is 19.7. The van der Waals surface area contributed by atoms with Gasteiger partial charge in [0.2, 0.25) is 5.75 Å². The number of hydrogen-bond donors (Lipinski definition) is 1. The van der Waals surface area contributed by atoms with Gasteiger partial charge in [-0.05, 0) is 42.2 Å². The molecule has 0 radical (unpaired) electrons. The van der Waals surface area contributed by atoms with Crippen molar-refractivity contribution in [2.45, 2.75) is 18.8 Å². The van der Waals surface area contributed by atoms with Crippen molar-refractivity contribution >= 4 is 23.4 Å². The second-order valence-electron chi connectivity index (χ2n) is 6.78. The molecule has 6 nitrogen and oxygen atoms in total. The number of benzene rings is 2. The third-order valence-electron chi connectivity index (χ3n) is 5.19. The van der Waals surface area contributed by atoms with Gasteiger partial charge in [-0.25, -0.2) is 0 Å². The highest BCUT2D eigenvalue weighted by atomic mass is 16.5. The van der Waals surface area contributed by atoms with Gasteiger partial charge >= 0.3 is 0 Å². The molecule has 2 aliphatic rings. The quantitative estimate of drug-likeness (QED) is 0.862. The van der Waals surface area contributed by atoms with Gasteiger partial charge in [-0.3, -0.25) is 9.79 Å². The lowest BCUT2D eigenvalue weighted by molar-refractivity contribution is -0.115. The van der Waals surface area contributed by atoms with E-state index in [0.29, 0.717) is 35.7 Å². The summed E-state index contributed by atoms with van der Waals surface area (Å²) in [6.45, 7) is 0. The van der Waals surface area contributed by atoms with Crippen LogP contribution in [0.25, 0.3) is 0 Å². The molecule has 1 atom stereocenters. The first-order chi connectivity index (χ1) is 13.6. The van der Waals surface area contributed by atoms with Gasteiger partial charge in [0.05, 0.1) is 38.3 Å². The predicted molar refractivity (Wildman–Crippen MR) is 108 cm³/mol. The number of hydrogen-bond acceptors (Lipinski definition) is 6. The molecule has 0 spiro atoms. The van der Waals surface area contributed by atoms with Gasteiger partial charge < -0.3 is 19.5 Å². The van der Waals surface area contributed by atoms with E-state index in [4.69, 9.17) is 14.2 Å². The Morgan fingerprint density at radius 3 is 2.39 bits per heavy atom. The summed E-state index contributed by atoms with van der Waals surface area (Å²) in [6, 6.07) is 11.6. The lowest BCUT2D eigenvalue weighted by atomic mass is 9.82. The SMILES string of the molecule is COc1cc([C@H]2CC(=O)C3=C(C2)Nc2ccccc2N=C3)cc(OC)c1OC. The number of nitrogens with one attached hydrogen (secondary N) is 1. The van der Waals surface area contributed by atoms with Gasteiger partial charge in [0.1, 0.15) is 0 Å². The fourth-order valence-electron chi connectivity index (χ4n) is 3.76. The normalized spacial score (nSPS) is 18.0. The van der Waals surface area contributed by atoms with Crippen LogP contribution in [0.2, 0.25) is 0 Å². The Balaban J connectivity index is 1.71. The second kappa shape index (κ2) is 7.38. The molecule has 1 aliphatic carbocycles. The first-order valence-electron chi connectivity index (χ1n) is 9.11. The Morgan fingerprint density at radius 2 is 1.71 bits per heavy atom. The number of para-hydroxylation sites is 2. The number of rotatable bonds is 4. The molecule has 144 valence electrons. The van der Waals surface area contributed by atoms with Crippen molar-refractivity contribution < 1.29 is 19.0 Å². The van der Waals surface area contributed by atoms with Gasteiger partial charge in [-0.1, -0.05) is 12.1 Å². The number of ether oxygens (including phenoxy) is 3. The number of carbonyl (C=O) groups is 1. The van der Waals surface area contributed by atoms with Gasteiger partial charge in [0, 0.05) is 18.3 Å². The second-order valence-corrected chi connectivity index (χ2v) is 6.78. The number of Topliss-reactive ketones (excluding diaryl/α,β-unsaturated/α-hetero) is 1. The van der Waals surface area contributed by atoms with Crippen molar-refractivity contribution in [3.8, 4) is 17.2 Å². The molecular formula is C22H22N2O4. The third-order valence-corrected chi connectivity index (χ3v) is 5.19. The van der Waals surface area contributed by atoms with E-state index < -0.39 is 0 Å². The standard InChI is InChI=1S/C22H22N2O4/c1-26-20-10-14(11-21(27-2)22(20)28-3)13-8-18-15(19(25)9-13)12-23-16-6-4-5-7-17(16)24-18/h4-7,10-13,24H,8-9H2,1-3H3/t13-/m1/s1. The van der Waals surface area contributed by atoms with E-state index >= 15 is 0 Å². The van der Waals surface area contributed by atoms with E-state index in [-0.39, 0.29) is 11.7 Å². The zero-order valence-corrected chi connectivity index (χ0v) is 16.1. The van der Waals surface area contributed by atoms with Crippen molar-refractivity contribution in [2.24, 2.45) is 4.99 Å². The van der Waals surface area contributed by atoms with Crippen molar-refractivity contribution in [1.82, 2.24) is 0 Å². The predicted octanol–water partition coefficient (Wildman–Crippen LogP) is 4.24. The van der Waals surface area contributed by atoms with Crippen LogP contribution >= 0.6 is 0 Å². The van der Waals surface area contributed by atoms with Crippen molar-refractivity contribution in [2.75, 3.05) is 26.6 Å². The maximum Gasteiger partial charge on any atom is 0.203 e. The molecule has 0 aromatic heterocycles. The molecule has 4 rings (SSSR count). The van der Waals surface area contributed by atoms with Crippen LogP contribution in [0.15, 0.2) is 52.7 Å². The highest BCUT2D eigenvalue weighted by Crippen LogP contribution is 2.44. The summed E-state index contributed by atoms with van der Waals surface area (Å²) >= 11 is 0. The summed E-state index contributed by atoms with van der Waals surface area (Å²) in [5.74, 6) is 1.80. The summed E-state index contributed by atoms with van der Waals surface area (Å²) in [4.78, 5) is 17.3. The smallest absolute Gasteiger partial charge is 0.203 e. The van der Waals surface area contributed by atoms with Crippen LogP contribution in [0, 0.1) is 0 Å². The molecule has 0 unspecified atom stereocenters. The average molecular weight is 378 g/mol. The molecule has 1 N–H and O–H groups in total. The van der Waals surface area contributed by atoms with Gasteiger partial charge in [-0.15, -0.1) is 0 Å². The first kappa shape index (κ1) is 18.1. The number of allylic oxidation sites excluding steroid dienone is 2. The van der Waals surface area contributed by atoms with Crippen molar-refractivity contribution in [3.63, 3.8) is 0 Å². The van der Waals surface area contributed by atoms with Crippen LogP contribution in [-0.2, 0) is 4.79 Å². The zero-order valence-electron chi connectivity index (χ0n) is 16.1. The van der Waals surface area contributed by atoms with Crippen LogP contribution in [0.5, 0.6) is 17.2 Å². The Morgan fingerprint density at radius 1 is 1.00 bits per heavy atom. The van der Waals surface area contributed by atoms with Gasteiger partial charge in [0.15, 0.2) is 17.3 Å². The molecule has 6 heteroatoms. The van der Waals surface area contributed by atoms with Crippen LogP contribution < -0.4 is 19.5 Å². The number of anilines is 1. The highest BCUT2D eigenvalue weighted by molar-refractivity contribution is 6.16. The van der Waals surface area contributed by atoms with E-state index in [1.165, 1.54) is 0 Å². The van der Waals surface area contributed by atoms with Gasteiger partial charge in [-0.2, -0.15) is 0 Å². The van der Waals surface area contributed by atoms with E-state index in [1.807, 2.05) is 36.4 Å². The number of aliphatic imine (C=N–C) groups is 1. The molecule has 1 aliphatic heterocycles. The summed E-state index contributed by atoms with van der Waals surface area (Å²) in [5, 5.41) is 3.42. The lowest BCUT2D eigenvalue weighted by Crippen LogP contribution is -2.22. The van der Waals surface area contributed by atoms with Gasteiger partial charge in [0.25, 0.3) is 0 Å². The van der Waals surface area contributed by atoms with Crippen LogP contribution in [0.3, 0.4) is 0 Å². The van der Waals surface area contributed by atoms with Crippen molar-refractivity contribution in [1.29, 1.82) is 0 Å². The number of fused-ring (bicyclic) bond motifs is 1. The molecule has 2 aromatic rings. The van der Waals surface area contributed by atoms with E-state index in [2.05, 4.69) is 10.3 Å². The minimum absolute atomic E-state index is 0.00567. The maximum absolute atomic E-state index is 12.9. The molecule has 0 bridgehead atoms. The summed E-state index contributed by atoms with van der Waals surface area (Å²) < 4.78 is 16.4. The Bertz CT molecular complexity index is 969. The Hall–Kier alpha value is -3.28. The molecular weight excluding hydrogens is 356 g/mol. The number of methoxy groups -OCH3 is 3. The van der Waals surface area contributed by atoms with Crippen molar-refractivity contribution in [3.05, 3.63) is 53.2 Å². The molecule has 28 heavy (non-hydrogen) atoms. The number of carbonyl (C=O) groups excluding carboxylic acids is 1. The minimum Gasteiger partial charge on any atom is -0.493 e. The number of ketones is 1. The Labute approximate surface area is 163 Å². The number of nitrogens with zero attached hydrogens (tertiary/aromatic N) is 1. The molecule has 0 fully saturated rings. The first-order valence-corrected chi connectivity index (χ1v) is 9.11. The topological polar surface area (TPSA) is 69.2 Å². The molecule has 1 heterocycles. The highest BCUT2D eigenvalue weighted by Gasteiger charge is 2.30. The fraction of sp³-hybridized carbons (Fsp3) is 0.273. The molecule has 0 saturated heterocycles. The summed E-state index contributed by atoms with van der Waals surface area (Å²) in [5.41, 5.74) is 4.25. The van der Waals surface area contributed by atoms with E-state index in [9.17, 15) is 4.79 Å².